The summed E-state index contributed by atoms with van der Waals surface area (Å²) in [7, 11) is 0.959. The number of aromatic nitrogens is 3. The zero-order valence-corrected chi connectivity index (χ0v) is 11.9. The summed E-state index contributed by atoms with van der Waals surface area (Å²) in [4.78, 5) is 25.8. The van der Waals surface area contributed by atoms with Crippen LogP contribution in [-0.2, 0) is 4.79 Å². The van der Waals surface area contributed by atoms with E-state index in [9.17, 15) is 4.79 Å². The molecule has 0 bridgehead atoms. The summed E-state index contributed by atoms with van der Waals surface area (Å²) in [5.41, 5.74) is 0.0397. The number of amides is 1. The molecule has 0 spiro atoms. The van der Waals surface area contributed by atoms with Gasteiger partial charge < -0.3 is 19.6 Å². The fourth-order valence-corrected chi connectivity index (χ4v) is 2.06. The Morgan fingerprint density at radius 3 is 3.48 bits per heavy atom. The van der Waals surface area contributed by atoms with Crippen LogP contribution < -0.4 is 4.90 Å². The molecular formula is C16H20N6O. The first-order valence-electron chi connectivity index (χ1n) is 12.9. The number of fused-ring (bicyclic) bond motifs is 1. The first-order chi connectivity index (χ1) is 16.1. The first kappa shape index (κ1) is 6.11. The predicted molar refractivity (Wildman–Crippen MR) is 87.9 cm³/mol. The molecule has 0 radical (unpaired) electrons. The fraction of sp³-hybridized carbons (Fsp3) is 0.500. The highest BCUT2D eigenvalue weighted by molar-refractivity contribution is 5.87. The predicted octanol–water partition coefficient (Wildman–Crippen LogP) is 1.55. The van der Waals surface area contributed by atoms with Crippen molar-refractivity contribution in [1.29, 1.82) is 0 Å². The molecule has 1 aliphatic rings. The molecule has 2 aromatic heterocycles. The molecule has 0 aliphatic carbocycles. The van der Waals surface area contributed by atoms with Crippen molar-refractivity contribution in [3.63, 3.8) is 0 Å². The monoisotopic (exact) mass is 325 g/mol. The van der Waals surface area contributed by atoms with Crippen molar-refractivity contribution < 1.29 is 22.6 Å². The average Bonchev–Trinajstić information content (AvgIpc) is 3.18. The number of likely N-dealkylation sites (tertiary alicyclic amines) is 1. The number of nitrogens with one attached hydrogen (secondary N) is 1. The van der Waals surface area contributed by atoms with Crippen molar-refractivity contribution in [2.45, 2.75) is 19.2 Å². The van der Waals surface area contributed by atoms with E-state index in [-0.39, 0.29) is 11.0 Å². The van der Waals surface area contributed by atoms with Crippen LogP contribution in [0.15, 0.2) is 18.6 Å². The summed E-state index contributed by atoms with van der Waals surface area (Å²) in [5.74, 6) is -5.34. The summed E-state index contributed by atoms with van der Waals surface area (Å²) >= 11 is 0. The summed E-state index contributed by atoms with van der Waals surface area (Å²) < 4.78 is 107. The molecule has 1 fully saturated rings. The number of anilines is 1. The van der Waals surface area contributed by atoms with Crippen LogP contribution in [0.3, 0.4) is 0 Å². The van der Waals surface area contributed by atoms with Gasteiger partial charge in [0.2, 0.25) is 0 Å². The third-order valence-corrected chi connectivity index (χ3v) is 3.14. The second-order valence-electron chi connectivity index (χ2n) is 4.50. The summed E-state index contributed by atoms with van der Waals surface area (Å²) in [6.07, 6.45) is -2.96. The van der Waals surface area contributed by atoms with Gasteiger partial charge in [-0.2, -0.15) is 0 Å². The maximum absolute atomic E-state index is 13.0. The summed E-state index contributed by atoms with van der Waals surface area (Å²) in [6.45, 7) is -7.77. The molecule has 1 saturated heterocycles. The van der Waals surface area contributed by atoms with Gasteiger partial charge >= 0.3 is 5.91 Å². The minimum absolute atomic E-state index is 0.0397. The summed E-state index contributed by atoms with van der Waals surface area (Å²) in [6, 6.07) is -2.05. The number of hydrogen-bond donors (Lipinski definition) is 1. The van der Waals surface area contributed by atoms with E-state index in [2.05, 4.69) is 19.8 Å². The average molecular weight is 325 g/mol. The Morgan fingerprint density at radius 1 is 1.83 bits per heavy atom. The van der Waals surface area contributed by atoms with Crippen molar-refractivity contribution in [2.75, 3.05) is 31.4 Å². The van der Waals surface area contributed by atoms with E-state index in [1.807, 2.05) is 0 Å². The third kappa shape index (κ3) is 2.84. The van der Waals surface area contributed by atoms with E-state index >= 15 is 0 Å². The molecule has 1 amide bonds. The zero-order chi connectivity index (χ0) is 27.9. The lowest BCUT2D eigenvalue weighted by Crippen LogP contribution is -2.53. The van der Waals surface area contributed by atoms with Gasteiger partial charge in [0.05, 0.1) is 15.5 Å². The smallest absolute Gasteiger partial charge is 0.302 e. The Labute approximate surface area is 153 Å². The van der Waals surface area contributed by atoms with Gasteiger partial charge in [0.1, 0.15) is 21.9 Å². The van der Waals surface area contributed by atoms with Gasteiger partial charge in [-0.05, 0) is 18.4 Å². The van der Waals surface area contributed by atoms with Crippen LogP contribution in [0.4, 0.5) is 5.82 Å². The van der Waals surface area contributed by atoms with E-state index < -0.39 is 67.6 Å². The SMILES string of the molecule is [2H]c1nc(N(C)[C@]2([2H])[C@H](C([2H])([2H])[2H])C([2H])([2H])C([2H])([2H])N(C(=O)C([2H])([2H])[N+]#[C-])C2([2H])[2H])c2cc[nH]c2n1. The van der Waals surface area contributed by atoms with E-state index in [0.29, 0.717) is 4.90 Å². The molecule has 7 nitrogen and oxygen atoms in total. The second-order valence-corrected chi connectivity index (χ2v) is 4.50. The molecule has 0 saturated carbocycles. The maximum Gasteiger partial charge on any atom is 0.302 e. The number of rotatable bonds is 3. The first-order valence-corrected chi connectivity index (χ1v) is 6.39. The van der Waals surface area contributed by atoms with Gasteiger partial charge in [-0.3, -0.25) is 4.79 Å². The highest BCUT2D eigenvalue weighted by Crippen LogP contribution is 2.28. The van der Waals surface area contributed by atoms with Crippen LogP contribution in [0.5, 0.6) is 0 Å². The molecule has 3 heterocycles. The molecule has 2 aromatic rings. The number of likely N-dealkylation sites (N-methyl/N-ethyl adjacent to an activating group) is 1. The largest absolute Gasteiger partial charge is 0.354 e. The van der Waals surface area contributed by atoms with E-state index in [1.54, 1.807) is 0 Å². The van der Waals surface area contributed by atoms with Gasteiger partial charge in [0.25, 0.3) is 6.50 Å². The number of carbonyl (C=O) groups excluding carboxylic acids is 1. The van der Waals surface area contributed by atoms with E-state index in [1.165, 1.54) is 12.3 Å². The Balaban J connectivity index is 2.44. The number of H-pyrrole nitrogens is 1. The minimum Gasteiger partial charge on any atom is -0.354 e. The number of aromatic amines is 1. The minimum atomic E-state index is -3.83. The molecule has 3 rings (SSSR count). The van der Waals surface area contributed by atoms with Crippen molar-refractivity contribution >= 4 is 22.8 Å². The van der Waals surface area contributed by atoms with E-state index in [0.717, 1.165) is 7.05 Å². The Morgan fingerprint density at radius 2 is 2.70 bits per heavy atom. The fourth-order valence-electron chi connectivity index (χ4n) is 2.06. The van der Waals surface area contributed by atoms with Crippen LogP contribution in [0.25, 0.3) is 15.9 Å². The molecular weight excluding hydrogens is 292 g/mol. The standard InChI is InChI=1S/C16H20N6O/c1-11-5-7-22(14(23)8-17-2)9-13(11)21(3)16-12-4-6-18-15(12)19-10-20-16/h4,6,10-11,13H,5,7-9H2,1,3H3,(H,18,19,20)/t11-,13+/m1/s1/i1D3,5D2,7D2,8D2,9D2,10D,13D. The molecule has 0 aromatic carbocycles. The lowest BCUT2D eigenvalue weighted by molar-refractivity contribution is -0.130. The highest BCUT2D eigenvalue weighted by atomic mass is 16.2. The van der Waals surface area contributed by atoms with Gasteiger partial charge in [-0.1, -0.05) is 6.85 Å². The Hall–Kier alpha value is -2.62. The molecule has 1 aliphatic heterocycles. The second kappa shape index (κ2) is 6.24. The van der Waals surface area contributed by atoms with Crippen LogP contribution in [0.1, 0.15) is 31.0 Å². The number of hydrogen-bond acceptors (Lipinski definition) is 4. The molecule has 0 unspecified atom stereocenters. The third-order valence-electron chi connectivity index (χ3n) is 3.14. The van der Waals surface area contributed by atoms with Crippen LogP contribution in [-0.4, -0.2) is 58.3 Å². The number of nitrogens with zero attached hydrogens (tertiary/aromatic N) is 5. The molecule has 23 heavy (non-hydrogen) atoms. The topological polar surface area (TPSA) is 69.5 Å². The highest BCUT2D eigenvalue weighted by Gasteiger charge is 2.33. The Bertz CT molecular complexity index is 1250. The number of carbonyl (C=O) groups is 1. The lowest BCUT2D eigenvalue weighted by atomic mass is 9.92. The van der Waals surface area contributed by atoms with Gasteiger partial charge in [-0.15, -0.1) is 0 Å². The quantitative estimate of drug-likeness (QED) is 0.869. The zero-order valence-electron chi connectivity index (χ0n) is 24.9. The van der Waals surface area contributed by atoms with E-state index in [4.69, 9.17) is 24.4 Å². The lowest BCUT2D eigenvalue weighted by Gasteiger charge is -2.41. The molecule has 120 valence electrons. The van der Waals surface area contributed by atoms with Gasteiger partial charge in [0.15, 0.2) is 0 Å². The van der Waals surface area contributed by atoms with Crippen LogP contribution in [0, 0.1) is 12.5 Å². The molecule has 2 atom stereocenters. The molecule has 7 heteroatoms. The molecule has 1 N–H and O–H groups in total. The van der Waals surface area contributed by atoms with Crippen molar-refractivity contribution in [2.24, 2.45) is 5.92 Å². The Kier molecular flexibility index (Phi) is 1.66. The van der Waals surface area contributed by atoms with Crippen molar-refractivity contribution in [1.82, 2.24) is 19.9 Å². The summed E-state index contributed by atoms with van der Waals surface area (Å²) in [5, 5.41) is 0.0729. The maximum atomic E-state index is 13.0. The van der Waals surface area contributed by atoms with Crippen molar-refractivity contribution in [3.05, 3.63) is 30.0 Å². The van der Waals surface area contributed by atoms with Crippen LogP contribution >= 0.6 is 0 Å². The van der Waals surface area contributed by atoms with Crippen molar-refractivity contribution in [3.8, 4) is 0 Å². The van der Waals surface area contributed by atoms with Gasteiger partial charge in [-0.25, -0.2) is 16.5 Å². The number of piperidine rings is 1. The van der Waals surface area contributed by atoms with Gasteiger partial charge in [0, 0.05) is 35.8 Å². The normalized spacial score (nSPS) is 40.4. The van der Waals surface area contributed by atoms with Crippen LogP contribution in [0.2, 0.25) is 0 Å².